The number of carbonyl (C=O) groups is 1. The van der Waals surface area contributed by atoms with Gasteiger partial charge in [0.1, 0.15) is 11.5 Å². The van der Waals surface area contributed by atoms with Crippen molar-refractivity contribution in [2.24, 2.45) is 16.6 Å². The number of nitrogens with one attached hydrogen (secondary N) is 2. The molecule has 0 saturated heterocycles. The molecule has 1 aromatic carbocycles. The van der Waals surface area contributed by atoms with Crippen LogP contribution in [0.2, 0.25) is 0 Å². The van der Waals surface area contributed by atoms with E-state index in [1.807, 2.05) is 6.92 Å². The molecule has 0 fully saturated rings. The minimum Gasteiger partial charge on any atom is -0.490 e. The van der Waals surface area contributed by atoms with E-state index in [1.54, 1.807) is 12.1 Å². The Morgan fingerprint density at radius 3 is 2.60 bits per heavy atom. The second-order valence-corrected chi connectivity index (χ2v) is 7.85. The van der Waals surface area contributed by atoms with Crippen LogP contribution in [0.1, 0.15) is 61.6 Å². The largest absolute Gasteiger partial charge is 0.490 e. The number of guanidine groups is 1. The molecule has 30 heavy (non-hydrogen) atoms. The molecular formula is C23H34N4O3. The summed E-state index contributed by atoms with van der Waals surface area (Å²) in [5.74, 6) is 2.27. The first-order valence-electron chi connectivity index (χ1n) is 10.4. The number of rotatable bonds is 10. The molecule has 2 aromatic rings. The summed E-state index contributed by atoms with van der Waals surface area (Å²) < 4.78 is 11.6. The molecule has 7 heteroatoms. The molecule has 0 spiro atoms. The third kappa shape index (κ3) is 7.46. The summed E-state index contributed by atoms with van der Waals surface area (Å²) in [7, 11) is 0. The maximum absolute atomic E-state index is 11.2. The molecule has 1 aromatic heterocycles. The Bertz CT molecular complexity index is 858. The van der Waals surface area contributed by atoms with Crippen LogP contribution in [0.3, 0.4) is 0 Å². The van der Waals surface area contributed by atoms with Crippen molar-refractivity contribution in [3.8, 4) is 5.75 Å². The van der Waals surface area contributed by atoms with Gasteiger partial charge in [0.25, 0.3) is 5.91 Å². The van der Waals surface area contributed by atoms with Gasteiger partial charge in [0, 0.05) is 12.1 Å². The smallest absolute Gasteiger partial charge is 0.284 e. The molecular weight excluding hydrogens is 380 g/mol. The fourth-order valence-electron chi connectivity index (χ4n) is 3.11. The van der Waals surface area contributed by atoms with E-state index in [0.717, 1.165) is 29.8 Å². The second kappa shape index (κ2) is 11.3. The van der Waals surface area contributed by atoms with Crippen molar-refractivity contribution in [1.82, 2.24) is 10.6 Å². The lowest BCUT2D eigenvalue weighted by atomic mass is 10.1. The fourth-order valence-corrected chi connectivity index (χ4v) is 3.11. The summed E-state index contributed by atoms with van der Waals surface area (Å²) >= 11 is 0. The summed E-state index contributed by atoms with van der Waals surface area (Å²) in [5.41, 5.74) is 7.41. The number of hydrogen-bond acceptors (Lipinski definition) is 4. The van der Waals surface area contributed by atoms with Crippen LogP contribution in [0, 0.1) is 12.8 Å². The van der Waals surface area contributed by atoms with Crippen molar-refractivity contribution in [3.63, 3.8) is 0 Å². The highest BCUT2D eigenvalue weighted by atomic mass is 16.5. The Hall–Kier alpha value is -2.96. The lowest BCUT2D eigenvalue weighted by Gasteiger charge is -2.19. The molecule has 0 saturated carbocycles. The van der Waals surface area contributed by atoms with E-state index in [1.165, 1.54) is 0 Å². The van der Waals surface area contributed by atoms with E-state index < -0.39 is 5.91 Å². The van der Waals surface area contributed by atoms with Crippen molar-refractivity contribution in [3.05, 3.63) is 53.0 Å². The first-order valence-corrected chi connectivity index (χ1v) is 10.4. The van der Waals surface area contributed by atoms with Gasteiger partial charge in [-0.2, -0.15) is 0 Å². The van der Waals surface area contributed by atoms with Crippen LogP contribution >= 0.6 is 0 Å². The zero-order valence-electron chi connectivity index (χ0n) is 18.6. The predicted molar refractivity (Wildman–Crippen MR) is 120 cm³/mol. The molecule has 1 atom stereocenters. The quantitative estimate of drug-likeness (QED) is 0.406. The van der Waals surface area contributed by atoms with Crippen LogP contribution in [-0.2, 0) is 13.1 Å². The van der Waals surface area contributed by atoms with Crippen molar-refractivity contribution >= 4 is 11.9 Å². The number of amides is 1. The monoisotopic (exact) mass is 414 g/mol. The van der Waals surface area contributed by atoms with Gasteiger partial charge in [-0.05, 0) is 56.9 Å². The number of benzene rings is 1. The topological polar surface area (TPSA) is 102 Å². The maximum Gasteiger partial charge on any atom is 0.284 e. The third-order valence-corrected chi connectivity index (χ3v) is 4.44. The van der Waals surface area contributed by atoms with Crippen LogP contribution < -0.4 is 21.1 Å². The average Bonchev–Trinajstić information content (AvgIpc) is 3.14. The first-order chi connectivity index (χ1) is 14.3. The molecule has 7 nitrogen and oxygen atoms in total. The molecule has 0 aliphatic heterocycles. The molecule has 0 aliphatic rings. The number of nitrogens with two attached hydrogens (primary N) is 1. The molecule has 4 N–H and O–H groups in total. The van der Waals surface area contributed by atoms with E-state index in [9.17, 15) is 4.79 Å². The molecule has 1 heterocycles. The first kappa shape index (κ1) is 23.3. The molecule has 0 aliphatic carbocycles. The number of aliphatic imine (C=N–C) groups is 1. The van der Waals surface area contributed by atoms with Crippen molar-refractivity contribution < 1.29 is 13.9 Å². The Kier molecular flexibility index (Phi) is 8.77. The Morgan fingerprint density at radius 2 is 1.97 bits per heavy atom. The molecule has 2 rings (SSSR count). The minimum absolute atomic E-state index is 0.138. The van der Waals surface area contributed by atoms with Gasteiger partial charge in [-0.15, -0.1) is 0 Å². The van der Waals surface area contributed by atoms with Gasteiger partial charge in [-0.25, -0.2) is 4.99 Å². The van der Waals surface area contributed by atoms with E-state index in [-0.39, 0.29) is 11.9 Å². The van der Waals surface area contributed by atoms with Crippen LogP contribution in [0.4, 0.5) is 0 Å². The van der Waals surface area contributed by atoms with Crippen LogP contribution in [0.25, 0.3) is 0 Å². The number of carbonyl (C=O) groups excluding carboxylic acids is 1. The van der Waals surface area contributed by atoms with E-state index >= 15 is 0 Å². The van der Waals surface area contributed by atoms with Gasteiger partial charge in [0.2, 0.25) is 0 Å². The molecule has 1 unspecified atom stereocenters. The summed E-state index contributed by atoms with van der Waals surface area (Å²) in [6, 6.07) is 9.48. The summed E-state index contributed by atoms with van der Waals surface area (Å²) in [6.45, 7) is 12.1. The van der Waals surface area contributed by atoms with Gasteiger partial charge >= 0.3 is 0 Å². The van der Waals surface area contributed by atoms with Gasteiger partial charge in [-0.3, -0.25) is 4.79 Å². The normalized spacial score (nSPS) is 12.7. The van der Waals surface area contributed by atoms with Crippen LogP contribution in [-0.4, -0.2) is 24.5 Å². The van der Waals surface area contributed by atoms with Crippen molar-refractivity contribution in [2.45, 2.75) is 60.2 Å². The predicted octanol–water partition coefficient (Wildman–Crippen LogP) is 3.76. The number of furan rings is 1. The van der Waals surface area contributed by atoms with E-state index in [2.05, 4.69) is 61.5 Å². The Balaban J connectivity index is 2.08. The van der Waals surface area contributed by atoms with Gasteiger partial charge in [0.05, 0.1) is 19.2 Å². The van der Waals surface area contributed by atoms with Gasteiger partial charge < -0.3 is 25.5 Å². The minimum atomic E-state index is -0.583. The number of hydrogen-bond donors (Lipinski definition) is 3. The Labute approximate surface area is 179 Å². The van der Waals surface area contributed by atoms with Crippen LogP contribution in [0.5, 0.6) is 5.75 Å². The summed E-state index contributed by atoms with van der Waals surface area (Å²) in [5, 5.41) is 6.42. The molecule has 1 amide bonds. The SMILES string of the molecule is CCNC(=NCc1ccc(C)cc1OC(C)CC(C)C)NCc1ccc(C(N)=O)o1. The lowest BCUT2D eigenvalue weighted by Crippen LogP contribution is -2.36. The van der Waals surface area contributed by atoms with Crippen molar-refractivity contribution in [2.75, 3.05) is 6.54 Å². The highest BCUT2D eigenvalue weighted by Gasteiger charge is 2.11. The van der Waals surface area contributed by atoms with Crippen LogP contribution in [0.15, 0.2) is 39.7 Å². The molecule has 0 radical (unpaired) electrons. The van der Waals surface area contributed by atoms with Crippen molar-refractivity contribution in [1.29, 1.82) is 0 Å². The number of aryl methyl sites for hydroxylation is 1. The number of primary amides is 1. The Morgan fingerprint density at radius 1 is 1.20 bits per heavy atom. The number of nitrogens with zero attached hydrogens (tertiary/aromatic N) is 1. The standard InChI is InChI=1S/C23H34N4O3/c1-6-25-23(27-14-19-9-10-20(30-19)22(24)28)26-13-18-8-7-16(4)12-21(18)29-17(5)11-15(2)3/h7-10,12,15,17H,6,11,13-14H2,1-5H3,(H2,24,28)(H2,25,26,27). The van der Waals surface area contributed by atoms with Gasteiger partial charge in [0.15, 0.2) is 11.7 Å². The molecule has 164 valence electrons. The van der Waals surface area contributed by atoms with E-state index in [0.29, 0.717) is 30.7 Å². The maximum atomic E-state index is 11.2. The highest BCUT2D eigenvalue weighted by Crippen LogP contribution is 2.24. The third-order valence-electron chi connectivity index (χ3n) is 4.44. The average molecular weight is 415 g/mol. The van der Waals surface area contributed by atoms with E-state index in [4.69, 9.17) is 14.9 Å². The van der Waals surface area contributed by atoms with Gasteiger partial charge in [-0.1, -0.05) is 26.0 Å². The summed E-state index contributed by atoms with van der Waals surface area (Å²) in [6.07, 6.45) is 1.14. The summed E-state index contributed by atoms with van der Waals surface area (Å²) in [4.78, 5) is 15.8. The second-order valence-electron chi connectivity index (χ2n) is 7.85. The zero-order valence-corrected chi connectivity index (χ0v) is 18.6. The highest BCUT2D eigenvalue weighted by molar-refractivity contribution is 5.89. The fraction of sp³-hybridized carbons (Fsp3) is 0.478. The zero-order chi connectivity index (χ0) is 22.1. The lowest BCUT2D eigenvalue weighted by molar-refractivity contribution is 0.0972. The molecule has 0 bridgehead atoms. The number of ether oxygens (including phenoxy) is 1.